The zero-order chi connectivity index (χ0) is 13.5. The van der Waals surface area contributed by atoms with Crippen LogP contribution in [0.5, 0.6) is 5.75 Å². The summed E-state index contributed by atoms with van der Waals surface area (Å²) in [7, 11) is 0. The molecule has 0 aliphatic heterocycles. The first-order valence-corrected chi connectivity index (χ1v) is 7.51. The van der Waals surface area contributed by atoms with Crippen molar-refractivity contribution in [3.05, 3.63) is 46.4 Å². The number of nitrogens with two attached hydrogens (primary N) is 1. The Bertz CT molecular complexity index is 467. The largest absolute Gasteiger partial charge is 0.492 e. The molecular weight excluding hydrogens is 256 g/mol. The van der Waals surface area contributed by atoms with E-state index in [0.717, 1.165) is 30.7 Å². The van der Waals surface area contributed by atoms with Gasteiger partial charge in [-0.25, -0.2) is 0 Å². The predicted molar refractivity (Wildman–Crippen MR) is 79.7 cm³/mol. The summed E-state index contributed by atoms with van der Waals surface area (Å²) in [5.74, 6) is 0.824. The molecule has 0 bridgehead atoms. The van der Waals surface area contributed by atoms with Crippen LogP contribution in [-0.2, 0) is 12.8 Å². The average Bonchev–Trinajstić information content (AvgIpc) is 2.94. The van der Waals surface area contributed by atoms with Crippen molar-refractivity contribution in [3.63, 3.8) is 0 Å². The Hall–Kier alpha value is -1.39. The number of thiophene rings is 1. The molecule has 1 unspecified atom stereocenters. The summed E-state index contributed by atoms with van der Waals surface area (Å²) in [6.45, 7) is 2.78. The lowest BCUT2D eigenvalue weighted by Gasteiger charge is -2.09. The SMILES string of the molecule is CCC(N)Cc1ccc(OCCc2cccs2)cn1. The first-order valence-electron chi connectivity index (χ1n) is 6.63. The highest BCUT2D eigenvalue weighted by Crippen LogP contribution is 2.13. The summed E-state index contributed by atoms with van der Waals surface area (Å²) in [6, 6.07) is 8.35. The quantitative estimate of drug-likeness (QED) is 0.845. The number of aromatic nitrogens is 1. The molecular formula is C15H20N2OS. The fourth-order valence-corrected chi connectivity index (χ4v) is 2.44. The van der Waals surface area contributed by atoms with Gasteiger partial charge in [-0.05, 0) is 30.0 Å². The van der Waals surface area contributed by atoms with Gasteiger partial charge >= 0.3 is 0 Å². The number of hydrogen-bond donors (Lipinski definition) is 1. The smallest absolute Gasteiger partial charge is 0.137 e. The molecule has 2 aromatic rings. The van der Waals surface area contributed by atoms with Gasteiger partial charge in [0.15, 0.2) is 0 Å². The van der Waals surface area contributed by atoms with E-state index in [9.17, 15) is 0 Å². The molecule has 2 N–H and O–H groups in total. The molecule has 102 valence electrons. The lowest BCUT2D eigenvalue weighted by atomic mass is 10.1. The van der Waals surface area contributed by atoms with Gasteiger partial charge in [0.2, 0.25) is 0 Å². The molecule has 2 rings (SSSR count). The second-order valence-corrected chi connectivity index (χ2v) is 5.57. The van der Waals surface area contributed by atoms with Crippen molar-refractivity contribution in [1.82, 2.24) is 4.98 Å². The van der Waals surface area contributed by atoms with Crippen LogP contribution in [0, 0.1) is 0 Å². The van der Waals surface area contributed by atoms with Gasteiger partial charge in [0.25, 0.3) is 0 Å². The van der Waals surface area contributed by atoms with E-state index in [4.69, 9.17) is 10.5 Å². The van der Waals surface area contributed by atoms with Crippen molar-refractivity contribution in [1.29, 1.82) is 0 Å². The van der Waals surface area contributed by atoms with E-state index >= 15 is 0 Å². The van der Waals surface area contributed by atoms with E-state index in [1.54, 1.807) is 17.5 Å². The van der Waals surface area contributed by atoms with Crippen LogP contribution in [0.15, 0.2) is 35.8 Å². The highest BCUT2D eigenvalue weighted by molar-refractivity contribution is 7.09. The number of hydrogen-bond acceptors (Lipinski definition) is 4. The zero-order valence-electron chi connectivity index (χ0n) is 11.2. The van der Waals surface area contributed by atoms with Crippen LogP contribution in [0.2, 0.25) is 0 Å². The Kier molecular flexibility index (Phi) is 5.36. The summed E-state index contributed by atoms with van der Waals surface area (Å²) >= 11 is 1.76. The molecule has 0 amide bonds. The molecule has 0 saturated carbocycles. The van der Waals surface area contributed by atoms with Gasteiger partial charge in [0.05, 0.1) is 12.8 Å². The highest BCUT2D eigenvalue weighted by atomic mass is 32.1. The Morgan fingerprint density at radius 3 is 2.89 bits per heavy atom. The van der Waals surface area contributed by atoms with E-state index < -0.39 is 0 Å². The molecule has 0 spiro atoms. The molecule has 0 radical (unpaired) electrons. The van der Waals surface area contributed by atoms with Gasteiger partial charge in [-0.1, -0.05) is 13.0 Å². The van der Waals surface area contributed by atoms with E-state index in [2.05, 4.69) is 29.4 Å². The number of pyridine rings is 1. The maximum Gasteiger partial charge on any atom is 0.137 e. The van der Waals surface area contributed by atoms with Crippen LogP contribution < -0.4 is 10.5 Å². The third kappa shape index (κ3) is 4.65. The lowest BCUT2D eigenvalue weighted by Crippen LogP contribution is -2.21. The molecule has 0 fully saturated rings. The first kappa shape index (κ1) is 14.0. The van der Waals surface area contributed by atoms with E-state index in [1.165, 1.54) is 4.88 Å². The minimum absolute atomic E-state index is 0.193. The van der Waals surface area contributed by atoms with Crippen LogP contribution in [0.3, 0.4) is 0 Å². The van der Waals surface area contributed by atoms with Crippen LogP contribution in [0.4, 0.5) is 0 Å². The van der Waals surface area contributed by atoms with Crippen LogP contribution in [0.1, 0.15) is 23.9 Å². The van der Waals surface area contributed by atoms with Crippen LogP contribution in [0.25, 0.3) is 0 Å². The molecule has 0 aromatic carbocycles. The molecule has 2 aromatic heterocycles. The number of rotatable bonds is 7. The summed E-state index contributed by atoms with van der Waals surface area (Å²) in [4.78, 5) is 5.73. The molecule has 19 heavy (non-hydrogen) atoms. The monoisotopic (exact) mass is 276 g/mol. The molecule has 4 heteroatoms. The Balaban J connectivity index is 1.78. The molecule has 0 aliphatic carbocycles. The minimum atomic E-state index is 0.193. The summed E-state index contributed by atoms with van der Waals surface area (Å²) in [5, 5.41) is 2.09. The standard InChI is InChI=1S/C15H20N2OS/c1-2-12(16)10-13-5-6-14(11-17-13)18-8-7-15-4-3-9-19-15/h3-6,9,11-12H,2,7-8,10,16H2,1H3. The van der Waals surface area contributed by atoms with Gasteiger partial charge < -0.3 is 10.5 Å². The molecule has 0 aliphatic rings. The second-order valence-electron chi connectivity index (χ2n) is 4.54. The van der Waals surface area contributed by atoms with Crippen molar-refractivity contribution in [2.24, 2.45) is 5.73 Å². The summed E-state index contributed by atoms with van der Waals surface area (Å²) in [5.41, 5.74) is 6.94. The fourth-order valence-electron chi connectivity index (χ4n) is 1.75. The molecule has 1 atom stereocenters. The van der Waals surface area contributed by atoms with E-state index in [0.29, 0.717) is 6.61 Å². The van der Waals surface area contributed by atoms with Gasteiger partial charge in [0.1, 0.15) is 5.75 Å². The average molecular weight is 276 g/mol. The topological polar surface area (TPSA) is 48.1 Å². The van der Waals surface area contributed by atoms with Crippen molar-refractivity contribution >= 4 is 11.3 Å². The number of nitrogens with zero attached hydrogens (tertiary/aromatic N) is 1. The summed E-state index contributed by atoms with van der Waals surface area (Å²) in [6.07, 6.45) is 4.53. The maximum atomic E-state index is 5.91. The van der Waals surface area contributed by atoms with Crippen molar-refractivity contribution in [3.8, 4) is 5.75 Å². The van der Waals surface area contributed by atoms with Crippen molar-refractivity contribution in [2.45, 2.75) is 32.2 Å². The zero-order valence-corrected chi connectivity index (χ0v) is 12.0. The Morgan fingerprint density at radius 2 is 2.26 bits per heavy atom. The van der Waals surface area contributed by atoms with Gasteiger partial charge in [-0.2, -0.15) is 0 Å². The van der Waals surface area contributed by atoms with E-state index in [-0.39, 0.29) is 6.04 Å². The van der Waals surface area contributed by atoms with Crippen LogP contribution >= 0.6 is 11.3 Å². The molecule has 3 nitrogen and oxygen atoms in total. The van der Waals surface area contributed by atoms with Gasteiger partial charge in [-0.15, -0.1) is 11.3 Å². The maximum absolute atomic E-state index is 5.91. The lowest BCUT2D eigenvalue weighted by molar-refractivity contribution is 0.321. The first-order chi connectivity index (χ1) is 9.28. The van der Waals surface area contributed by atoms with Gasteiger partial charge in [0, 0.05) is 29.5 Å². The van der Waals surface area contributed by atoms with Crippen LogP contribution in [-0.4, -0.2) is 17.6 Å². The predicted octanol–water partition coefficient (Wildman–Crippen LogP) is 3.04. The minimum Gasteiger partial charge on any atom is -0.492 e. The third-order valence-corrected chi connectivity index (χ3v) is 3.93. The highest BCUT2D eigenvalue weighted by Gasteiger charge is 2.03. The second kappa shape index (κ2) is 7.26. The Labute approximate surface area is 118 Å². The number of ether oxygens (including phenoxy) is 1. The fraction of sp³-hybridized carbons (Fsp3) is 0.400. The van der Waals surface area contributed by atoms with Crippen molar-refractivity contribution in [2.75, 3.05) is 6.61 Å². The Morgan fingerprint density at radius 1 is 1.37 bits per heavy atom. The summed E-state index contributed by atoms with van der Waals surface area (Å²) < 4.78 is 5.68. The van der Waals surface area contributed by atoms with E-state index in [1.807, 2.05) is 12.1 Å². The normalized spacial score (nSPS) is 12.3. The molecule has 0 saturated heterocycles. The molecule has 2 heterocycles. The van der Waals surface area contributed by atoms with Crippen molar-refractivity contribution < 1.29 is 4.74 Å². The third-order valence-electron chi connectivity index (χ3n) is 2.99. The van der Waals surface area contributed by atoms with Gasteiger partial charge in [-0.3, -0.25) is 4.98 Å².